The van der Waals surface area contributed by atoms with Gasteiger partial charge in [-0.3, -0.25) is 35.8 Å². The molecule has 19 heavy (non-hydrogen) atoms. The summed E-state index contributed by atoms with van der Waals surface area (Å²) >= 11 is 0. The molecule has 0 aromatic carbocycles. The zero-order valence-electron chi connectivity index (χ0n) is 7.73. The largest absolute Gasteiger partial charge is 3.00 e. The number of hydrogen-bond acceptors (Lipinski definition) is 14. The van der Waals surface area contributed by atoms with E-state index in [0.717, 1.165) is 0 Å². The molecule has 19 heteroatoms. The van der Waals surface area contributed by atoms with Crippen molar-refractivity contribution in [2.24, 2.45) is 0 Å². The third-order valence-electron chi connectivity index (χ3n) is 0. The number of rotatable bonds is 0. The van der Waals surface area contributed by atoms with Gasteiger partial charge in [0.2, 0.25) is 0 Å². The molecule has 0 saturated carbocycles. The summed E-state index contributed by atoms with van der Waals surface area (Å²) < 4.78 is 102. The van der Waals surface area contributed by atoms with Crippen molar-refractivity contribution in [3.63, 3.8) is 0 Å². The van der Waals surface area contributed by atoms with Crippen LogP contribution in [0.15, 0.2) is 0 Å². The van der Waals surface area contributed by atoms with Gasteiger partial charge in [-0.2, -0.15) is 0 Å². The van der Waals surface area contributed by atoms with Crippen LogP contribution in [0.3, 0.4) is 0 Å². The zero-order valence-corrected chi connectivity index (χ0v) is 12.4. The Morgan fingerprint density at radius 1 is 0.474 bits per heavy atom. The Morgan fingerprint density at radius 2 is 0.474 bits per heavy atom. The average Bonchev–Trinajstić information content (AvgIpc) is 1.77. The molecule has 0 saturated heterocycles. The summed E-state index contributed by atoms with van der Waals surface area (Å²) in [6.45, 7) is 0. The maximum Gasteiger partial charge on any atom is 3.00 e. The van der Waals surface area contributed by atoms with Crippen molar-refractivity contribution in [1.82, 2.24) is 0 Å². The van der Waals surface area contributed by atoms with E-state index in [9.17, 15) is 0 Å². The molecule has 0 atom stereocenters. The molecule has 120 valence electrons. The summed E-state index contributed by atoms with van der Waals surface area (Å²) in [6, 6.07) is 0. The minimum Gasteiger partial charge on any atom is -0.759 e. The van der Waals surface area contributed by atoms with Gasteiger partial charge in [-0.1, -0.05) is 0 Å². The van der Waals surface area contributed by atoms with Crippen molar-refractivity contribution in [3.8, 4) is 0 Å². The molecule has 0 bridgehead atoms. The first-order valence-corrected chi connectivity index (χ1v) is 6.20. The third-order valence-corrected chi connectivity index (χ3v) is 0. The van der Waals surface area contributed by atoms with Crippen molar-refractivity contribution < 1.29 is 97.2 Å². The van der Waals surface area contributed by atoms with Gasteiger partial charge < -0.3 is 27.3 Å². The molecule has 0 fully saturated rings. The molecule has 0 aromatic heterocycles. The standard InChI is InChI=1S/2Fe.3H2O4S.H2O2/c;;3*1-5(2,3)4;1-2/h;;3*(H2,1,2,3,4);1-2H/q2*+3;;;;/p-6. The monoisotopic (exact) mass is 434 g/mol. The van der Waals surface area contributed by atoms with Crippen molar-refractivity contribution in [2.45, 2.75) is 0 Å². The maximum absolute atomic E-state index is 8.52. The summed E-state index contributed by atoms with van der Waals surface area (Å²) in [6.07, 6.45) is 0. The number of hydrogen-bond donors (Lipinski definition) is 2. The normalized spacial score (nSPS) is 9.47. The van der Waals surface area contributed by atoms with E-state index in [2.05, 4.69) is 0 Å². The quantitative estimate of drug-likeness (QED) is 0.121. The second-order valence-corrected chi connectivity index (χ2v) is 3.67. The molecule has 0 spiro atoms. The second-order valence-electron chi connectivity index (χ2n) is 1.22. The van der Waals surface area contributed by atoms with E-state index in [1.165, 1.54) is 0 Å². The van der Waals surface area contributed by atoms with Gasteiger partial charge in [0.25, 0.3) is 0 Å². The van der Waals surface area contributed by atoms with Crippen LogP contribution in [0.25, 0.3) is 0 Å². The summed E-state index contributed by atoms with van der Waals surface area (Å²) in [7, 11) is -15.5. The molecular weight excluding hydrogens is 432 g/mol. The second kappa shape index (κ2) is 16.6. The van der Waals surface area contributed by atoms with Crippen LogP contribution < -0.4 is 0 Å². The predicted molar refractivity (Wildman–Crippen MR) is 36.7 cm³/mol. The Balaban J connectivity index is -0.0000000298. The molecule has 0 amide bonds. The fraction of sp³-hybridized carbons (Fsp3) is 0. The summed E-state index contributed by atoms with van der Waals surface area (Å²) in [4.78, 5) is 0. The molecule has 0 heterocycles. The Hall–Kier alpha value is 0.569. The zero-order chi connectivity index (χ0) is 15.5. The molecule has 0 rings (SSSR count). The first-order valence-electron chi connectivity index (χ1n) is 2.20. The van der Waals surface area contributed by atoms with Crippen LogP contribution >= 0.6 is 0 Å². The van der Waals surface area contributed by atoms with E-state index >= 15 is 0 Å². The van der Waals surface area contributed by atoms with Crippen LogP contribution in [0.1, 0.15) is 0 Å². The van der Waals surface area contributed by atoms with E-state index in [1.54, 1.807) is 0 Å². The van der Waals surface area contributed by atoms with Crippen LogP contribution in [-0.2, 0) is 65.3 Å². The molecule has 0 aliphatic heterocycles. The van der Waals surface area contributed by atoms with Gasteiger partial charge in [-0.05, 0) is 0 Å². The van der Waals surface area contributed by atoms with E-state index < -0.39 is 31.2 Å². The van der Waals surface area contributed by atoms with Crippen molar-refractivity contribution in [1.29, 1.82) is 0 Å². The average molecular weight is 434 g/mol. The van der Waals surface area contributed by atoms with Crippen LogP contribution in [0.4, 0.5) is 0 Å². The Kier molecular flexibility index (Phi) is 32.1. The maximum atomic E-state index is 8.52. The molecule has 0 aliphatic carbocycles. The van der Waals surface area contributed by atoms with Crippen LogP contribution in [0.2, 0.25) is 0 Å². The van der Waals surface area contributed by atoms with E-state index in [0.29, 0.717) is 0 Å². The van der Waals surface area contributed by atoms with Crippen molar-refractivity contribution in [2.75, 3.05) is 0 Å². The Labute approximate surface area is 128 Å². The molecule has 2 N–H and O–H groups in total. The Bertz CT molecular complexity index is 342. The summed E-state index contributed by atoms with van der Waals surface area (Å²) in [5, 5.41) is 12.0. The molecule has 0 unspecified atom stereocenters. The van der Waals surface area contributed by atoms with Gasteiger partial charge in [-0.15, -0.1) is 0 Å². The Morgan fingerprint density at radius 3 is 0.474 bits per heavy atom. The van der Waals surface area contributed by atoms with Gasteiger partial charge in [0, 0.05) is 31.2 Å². The molecule has 2 radical (unpaired) electrons. The summed E-state index contributed by atoms with van der Waals surface area (Å²) in [5.74, 6) is 0. The van der Waals surface area contributed by atoms with Gasteiger partial charge in [0.1, 0.15) is 0 Å². The molecular formula is H2Fe2O14S3. The van der Waals surface area contributed by atoms with E-state index in [1.807, 2.05) is 0 Å². The van der Waals surface area contributed by atoms with Crippen LogP contribution in [0, 0.1) is 0 Å². The summed E-state index contributed by atoms with van der Waals surface area (Å²) in [5.41, 5.74) is 0. The first-order chi connectivity index (χ1) is 7.00. The SMILES string of the molecule is O=S(=O)([O-])[O-].O=S(=O)([O-])[O-].O=S(=O)([O-])[O-].OO.[Fe+3].[Fe+3]. The minimum atomic E-state index is -5.17. The fourth-order valence-electron chi connectivity index (χ4n) is 0. The smallest absolute Gasteiger partial charge is 0.759 e. The van der Waals surface area contributed by atoms with Gasteiger partial charge >= 0.3 is 34.1 Å². The van der Waals surface area contributed by atoms with Gasteiger partial charge in [0.05, 0.1) is 0 Å². The first kappa shape index (κ1) is 36.6. The topological polar surface area (TPSA) is 281 Å². The van der Waals surface area contributed by atoms with Crippen LogP contribution in [-0.4, -0.2) is 63.1 Å². The van der Waals surface area contributed by atoms with Crippen molar-refractivity contribution in [3.05, 3.63) is 0 Å². The predicted octanol–water partition coefficient (Wildman–Crippen LogP) is -4.00. The molecule has 0 aliphatic rings. The van der Waals surface area contributed by atoms with Gasteiger partial charge in [-0.25, -0.2) is 0 Å². The third kappa shape index (κ3) is 15700. The minimum absolute atomic E-state index is 0. The van der Waals surface area contributed by atoms with E-state index in [-0.39, 0.29) is 34.1 Å². The van der Waals surface area contributed by atoms with Crippen LogP contribution in [0.5, 0.6) is 0 Å². The molecule has 0 aromatic rings. The molecule has 14 nitrogen and oxygen atoms in total. The van der Waals surface area contributed by atoms with Gasteiger partial charge in [0.15, 0.2) is 0 Å². The fourth-order valence-corrected chi connectivity index (χ4v) is 0. The van der Waals surface area contributed by atoms with E-state index in [4.69, 9.17) is 63.1 Å². The van der Waals surface area contributed by atoms with Crippen molar-refractivity contribution >= 4 is 31.2 Å².